The largest absolute Gasteiger partial charge is 0.416 e. The molecule has 2 atom stereocenters. The average molecular weight is 425 g/mol. The molecule has 2 N–H and O–H groups in total. The molecule has 7 heteroatoms. The van der Waals surface area contributed by atoms with Crippen molar-refractivity contribution in [3.63, 3.8) is 0 Å². The average Bonchev–Trinajstić information content (AvgIpc) is 3.38. The summed E-state index contributed by atoms with van der Waals surface area (Å²) in [7, 11) is 0. The molecular formula is C21H17Cl2F3N2. The van der Waals surface area contributed by atoms with E-state index in [9.17, 15) is 13.2 Å². The maximum absolute atomic E-state index is 13.0. The molecule has 1 aromatic heterocycles. The predicted molar refractivity (Wildman–Crippen MR) is 108 cm³/mol. The van der Waals surface area contributed by atoms with E-state index in [1.165, 1.54) is 6.07 Å². The summed E-state index contributed by atoms with van der Waals surface area (Å²) in [4.78, 5) is 4.70. The Morgan fingerprint density at radius 3 is 2.25 bits per heavy atom. The summed E-state index contributed by atoms with van der Waals surface area (Å²) in [5.41, 5.74) is 8.85. The summed E-state index contributed by atoms with van der Waals surface area (Å²) in [5, 5.41) is 0.609. The normalized spacial score (nSPS) is 18.5. The first kappa shape index (κ1) is 20.6. The minimum Gasteiger partial charge on any atom is -0.327 e. The highest BCUT2D eigenvalue weighted by atomic mass is 35.5. The van der Waals surface area contributed by atoms with Crippen LogP contribution in [0.4, 0.5) is 13.2 Å². The number of benzene rings is 2. The monoisotopic (exact) mass is 424 g/mol. The Hall–Kier alpha value is -2.08. The number of pyridine rings is 1. The summed E-state index contributed by atoms with van der Waals surface area (Å²) in [6, 6.07) is 16.2. The van der Waals surface area contributed by atoms with E-state index in [-0.39, 0.29) is 24.4 Å². The molecule has 2 aromatic carbocycles. The van der Waals surface area contributed by atoms with Crippen LogP contribution in [0.5, 0.6) is 0 Å². The molecule has 1 aliphatic rings. The number of nitrogens with zero attached hydrogens (tertiary/aromatic N) is 1. The Morgan fingerprint density at radius 2 is 1.64 bits per heavy atom. The van der Waals surface area contributed by atoms with Gasteiger partial charge < -0.3 is 5.73 Å². The topological polar surface area (TPSA) is 38.9 Å². The third-order valence-corrected chi connectivity index (χ3v) is 5.02. The highest BCUT2D eigenvalue weighted by Gasteiger charge is 2.37. The number of alkyl halides is 3. The van der Waals surface area contributed by atoms with Crippen LogP contribution in [-0.4, -0.2) is 11.0 Å². The molecule has 2 nitrogen and oxygen atoms in total. The maximum atomic E-state index is 13.0. The van der Waals surface area contributed by atoms with Crippen molar-refractivity contribution < 1.29 is 13.2 Å². The molecule has 1 saturated carbocycles. The molecule has 28 heavy (non-hydrogen) atoms. The lowest BCUT2D eigenvalue weighted by molar-refractivity contribution is -0.137. The van der Waals surface area contributed by atoms with Gasteiger partial charge in [-0.1, -0.05) is 41.9 Å². The van der Waals surface area contributed by atoms with Gasteiger partial charge in [-0.05, 0) is 42.3 Å². The number of rotatable bonds is 3. The van der Waals surface area contributed by atoms with Crippen molar-refractivity contribution >= 4 is 24.0 Å². The highest BCUT2D eigenvalue weighted by Crippen LogP contribution is 2.44. The minimum atomic E-state index is -4.39. The summed E-state index contributed by atoms with van der Waals surface area (Å²) in [6.07, 6.45) is -3.51. The standard InChI is InChI=1S/C21H16ClF3N2.ClH/c22-15-6-4-12(5-7-15)20-16(17-11-18(17)26)8-9-19(27-20)13-2-1-3-14(10-13)21(23,24)25;/h1-10,17-18H,11,26H2;1H/t17-,18+;/m1./s1. The summed E-state index contributed by atoms with van der Waals surface area (Å²) >= 11 is 5.98. The SMILES string of the molecule is Cl.N[C@H]1C[C@@H]1c1ccc(-c2cccc(C(F)(F)F)c2)nc1-c1ccc(Cl)cc1. The lowest BCUT2D eigenvalue weighted by atomic mass is 9.99. The van der Waals surface area contributed by atoms with E-state index in [0.717, 1.165) is 35.4 Å². The van der Waals surface area contributed by atoms with Crippen LogP contribution in [0.2, 0.25) is 5.02 Å². The molecule has 1 heterocycles. The molecule has 4 rings (SSSR count). The van der Waals surface area contributed by atoms with Gasteiger partial charge in [-0.15, -0.1) is 12.4 Å². The van der Waals surface area contributed by atoms with Crippen molar-refractivity contribution in [2.24, 2.45) is 5.73 Å². The molecule has 0 spiro atoms. The number of hydrogen-bond donors (Lipinski definition) is 1. The van der Waals surface area contributed by atoms with E-state index in [1.54, 1.807) is 24.3 Å². The molecule has 0 aliphatic heterocycles. The van der Waals surface area contributed by atoms with E-state index in [1.807, 2.05) is 18.2 Å². The fourth-order valence-corrected chi connectivity index (χ4v) is 3.32. The fraction of sp³-hybridized carbons (Fsp3) is 0.190. The lowest BCUT2D eigenvalue weighted by Crippen LogP contribution is -2.05. The molecule has 1 aliphatic carbocycles. The van der Waals surface area contributed by atoms with Crippen LogP contribution in [0.25, 0.3) is 22.5 Å². The zero-order chi connectivity index (χ0) is 19.2. The minimum absolute atomic E-state index is 0. The van der Waals surface area contributed by atoms with E-state index in [0.29, 0.717) is 16.3 Å². The van der Waals surface area contributed by atoms with Gasteiger partial charge in [0.05, 0.1) is 17.0 Å². The van der Waals surface area contributed by atoms with Gasteiger partial charge in [-0.2, -0.15) is 13.2 Å². The Bertz CT molecular complexity index is 988. The van der Waals surface area contributed by atoms with Gasteiger partial charge in [0.2, 0.25) is 0 Å². The van der Waals surface area contributed by atoms with Crippen LogP contribution in [-0.2, 0) is 6.18 Å². The summed E-state index contributed by atoms with van der Waals surface area (Å²) < 4.78 is 39.1. The third-order valence-electron chi connectivity index (χ3n) is 4.77. The predicted octanol–water partition coefficient (Wildman–Crippen LogP) is 6.32. The highest BCUT2D eigenvalue weighted by molar-refractivity contribution is 6.30. The second-order valence-corrected chi connectivity index (χ2v) is 7.16. The molecule has 0 radical (unpaired) electrons. The Labute approximate surface area is 172 Å². The second kappa shape index (κ2) is 7.74. The number of aromatic nitrogens is 1. The van der Waals surface area contributed by atoms with Crippen LogP contribution in [0.15, 0.2) is 60.7 Å². The van der Waals surface area contributed by atoms with Crippen LogP contribution in [0, 0.1) is 0 Å². The van der Waals surface area contributed by atoms with E-state index < -0.39 is 11.7 Å². The van der Waals surface area contributed by atoms with Gasteiger partial charge in [0.25, 0.3) is 0 Å². The molecule has 1 fully saturated rings. The van der Waals surface area contributed by atoms with Gasteiger partial charge in [0.1, 0.15) is 0 Å². The number of hydrogen-bond acceptors (Lipinski definition) is 2. The number of nitrogens with two attached hydrogens (primary N) is 1. The zero-order valence-electron chi connectivity index (χ0n) is 14.6. The first-order chi connectivity index (χ1) is 12.8. The Balaban J connectivity index is 0.00000225. The van der Waals surface area contributed by atoms with Gasteiger partial charge in [0.15, 0.2) is 0 Å². The van der Waals surface area contributed by atoms with Gasteiger partial charge in [0, 0.05) is 28.1 Å². The zero-order valence-corrected chi connectivity index (χ0v) is 16.2. The Morgan fingerprint density at radius 1 is 0.964 bits per heavy atom. The molecule has 3 aromatic rings. The van der Waals surface area contributed by atoms with Crippen molar-refractivity contribution in [3.05, 3.63) is 76.8 Å². The second-order valence-electron chi connectivity index (χ2n) is 6.73. The molecule has 0 amide bonds. The molecular weight excluding hydrogens is 408 g/mol. The van der Waals surface area contributed by atoms with Crippen molar-refractivity contribution in [2.45, 2.75) is 24.6 Å². The first-order valence-corrected chi connectivity index (χ1v) is 8.91. The van der Waals surface area contributed by atoms with E-state index in [4.69, 9.17) is 22.3 Å². The first-order valence-electron chi connectivity index (χ1n) is 8.53. The smallest absolute Gasteiger partial charge is 0.327 e. The fourth-order valence-electron chi connectivity index (χ4n) is 3.20. The van der Waals surface area contributed by atoms with Crippen LogP contribution >= 0.6 is 24.0 Å². The van der Waals surface area contributed by atoms with E-state index in [2.05, 4.69) is 0 Å². The van der Waals surface area contributed by atoms with Crippen molar-refractivity contribution in [1.29, 1.82) is 0 Å². The summed E-state index contributed by atoms with van der Waals surface area (Å²) in [6.45, 7) is 0. The molecule has 0 saturated heterocycles. The van der Waals surface area contributed by atoms with Crippen molar-refractivity contribution in [3.8, 4) is 22.5 Å². The molecule has 0 bridgehead atoms. The van der Waals surface area contributed by atoms with Gasteiger partial charge in [-0.25, -0.2) is 4.98 Å². The van der Waals surface area contributed by atoms with Crippen LogP contribution in [0.1, 0.15) is 23.5 Å². The van der Waals surface area contributed by atoms with Crippen molar-refractivity contribution in [1.82, 2.24) is 4.98 Å². The Kier molecular flexibility index (Phi) is 5.71. The van der Waals surface area contributed by atoms with Gasteiger partial charge >= 0.3 is 6.18 Å². The van der Waals surface area contributed by atoms with E-state index >= 15 is 0 Å². The third kappa shape index (κ3) is 4.17. The maximum Gasteiger partial charge on any atom is 0.416 e. The molecule has 146 valence electrons. The van der Waals surface area contributed by atoms with Crippen LogP contribution in [0.3, 0.4) is 0 Å². The summed E-state index contributed by atoms with van der Waals surface area (Å²) in [5.74, 6) is 0.221. The van der Waals surface area contributed by atoms with Crippen LogP contribution < -0.4 is 5.73 Å². The van der Waals surface area contributed by atoms with Gasteiger partial charge in [-0.3, -0.25) is 0 Å². The quantitative estimate of drug-likeness (QED) is 0.533. The van der Waals surface area contributed by atoms with Crippen molar-refractivity contribution in [2.75, 3.05) is 0 Å². The molecule has 0 unspecified atom stereocenters. The number of halogens is 5. The lowest BCUT2D eigenvalue weighted by Gasteiger charge is -2.13.